The van der Waals surface area contributed by atoms with Gasteiger partial charge in [-0.2, -0.15) is 0 Å². The number of hydrogen-bond acceptors (Lipinski definition) is 4. The highest BCUT2D eigenvalue weighted by Crippen LogP contribution is 2.28. The maximum atomic E-state index is 5.40. The molecule has 1 aromatic heterocycles. The number of ether oxygens (including phenoxy) is 1. The highest BCUT2D eigenvalue weighted by atomic mass is 32.1. The zero-order valence-electron chi connectivity index (χ0n) is 10.1. The second-order valence-electron chi connectivity index (χ2n) is 4.87. The molecule has 0 unspecified atom stereocenters. The maximum absolute atomic E-state index is 5.40. The summed E-state index contributed by atoms with van der Waals surface area (Å²) in [5.74, 6) is 0. The summed E-state index contributed by atoms with van der Waals surface area (Å²) in [6.07, 6.45) is 4.31. The van der Waals surface area contributed by atoms with Crippen molar-refractivity contribution in [3.8, 4) is 0 Å². The van der Waals surface area contributed by atoms with E-state index in [0.717, 1.165) is 31.3 Å². The van der Waals surface area contributed by atoms with E-state index >= 15 is 0 Å². The van der Waals surface area contributed by atoms with Crippen LogP contribution in [0.2, 0.25) is 0 Å². The van der Waals surface area contributed by atoms with Gasteiger partial charge in [0, 0.05) is 37.4 Å². The quantitative estimate of drug-likeness (QED) is 0.877. The molecule has 1 fully saturated rings. The van der Waals surface area contributed by atoms with E-state index in [-0.39, 0.29) is 0 Å². The van der Waals surface area contributed by atoms with E-state index in [2.05, 4.69) is 17.2 Å². The van der Waals surface area contributed by atoms with Crippen molar-refractivity contribution in [3.63, 3.8) is 0 Å². The molecule has 1 aromatic rings. The second-order valence-corrected chi connectivity index (χ2v) is 6.19. The molecule has 0 radical (unpaired) electrons. The Labute approximate surface area is 101 Å². The third-order valence-electron chi connectivity index (χ3n) is 3.22. The molecule has 1 N–H and O–H groups in total. The summed E-state index contributed by atoms with van der Waals surface area (Å²) in [6.45, 7) is 8.25. The molecule has 0 bridgehead atoms. The number of nitrogens with one attached hydrogen (secondary N) is 1. The van der Waals surface area contributed by atoms with Crippen LogP contribution in [-0.2, 0) is 11.3 Å². The van der Waals surface area contributed by atoms with E-state index in [1.54, 1.807) is 11.3 Å². The van der Waals surface area contributed by atoms with Crippen LogP contribution < -0.4 is 5.32 Å². The van der Waals surface area contributed by atoms with Crippen molar-refractivity contribution in [2.75, 3.05) is 19.8 Å². The number of rotatable bonds is 4. The first-order chi connectivity index (χ1) is 7.68. The number of hydrogen-bond donors (Lipinski definition) is 1. The standard InChI is InChI=1S/C12H20N2OS/c1-10-14-8-11(16-10)7-13-9-12(2)3-5-15-6-4-12/h8,13H,3-7,9H2,1-2H3. The summed E-state index contributed by atoms with van der Waals surface area (Å²) in [4.78, 5) is 5.58. The fourth-order valence-electron chi connectivity index (χ4n) is 2.02. The third-order valence-corrected chi connectivity index (χ3v) is 4.13. The van der Waals surface area contributed by atoms with Crippen molar-refractivity contribution in [3.05, 3.63) is 16.1 Å². The Morgan fingerprint density at radius 2 is 2.25 bits per heavy atom. The SMILES string of the molecule is Cc1ncc(CNCC2(C)CCOCC2)s1. The van der Waals surface area contributed by atoms with Gasteiger partial charge in [-0.15, -0.1) is 11.3 Å². The molecule has 2 rings (SSSR count). The van der Waals surface area contributed by atoms with Gasteiger partial charge in [-0.1, -0.05) is 6.92 Å². The molecule has 0 amide bonds. The Hall–Kier alpha value is -0.450. The van der Waals surface area contributed by atoms with Crippen LogP contribution in [0, 0.1) is 12.3 Å². The Morgan fingerprint density at radius 1 is 1.50 bits per heavy atom. The maximum Gasteiger partial charge on any atom is 0.0897 e. The molecule has 1 aliphatic heterocycles. The summed E-state index contributed by atoms with van der Waals surface area (Å²) >= 11 is 1.77. The predicted octanol–water partition coefficient (Wildman–Crippen LogP) is 2.36. The first kappa shape index (κ1) is 12.0. The largest absolute Gasteiger partial charge is 0.381 e. The molecule has 0 aromatic carbocycles. The molecule has 1 aliphatic rings. The molecular formula is C12H20N2OS. The zero-order chi connectivity index (χ0) is 11.4. The number of aromatic nitrogens is 1. The number of aryl methyl sites for hydroxylation is 1. The Bertz CT molecular complexity index is 332. The normalized spacial score (nSPS) is 19.9. The molecule has 2 heterocycles. The first-order valence-electron chi connectivity index (χ1n) is 5.88. The van der Waals surface area contributed by atoms with Crippen LogP contribution in [0.3, 0.4) is 0 Å². The highest BCUT2D eigenvalue weighted by Gasteiger charge is 2.26. The monoisotopic (exact) mass is 240 g/mol. The zero-order valence-corrected chi connectivity index (χ0v) is 10.9. The van der Waals surface area contributed by atoms with Crippen molar-refractivity contribution in [1.29, 1.82) is 0 Å². The lowest BCUT2D eigenvalue weighted by Crippen LogP contribution is -2.36. The molecule has 0 aliphatic carbocycles. The van der Waals surface area contributed by atoms with Gasteiger partial charge in [-0.05, 0) is 25.2 Å². The van der Waals surface area contributed by atoms with Gasteiger partial charge in [-0.25, -0.2) is 4.98 Å². The summed E-state index contributed by atoms with van der Waals surface area (Å²) in [6, 6.07) is 0. The van der Waals surface area contributed by atoms with E-state index in [4.69, 9.17) is 4.74 Å². The molecule has 90 valence electrons. The molecule has 4 heteroatoms. The van der Waals surface area contributed by atoms with Gasteiger partial charge < -0.3 is 10.1 Å². The minimum Gasteiger partial charge on any atom is -0.381 e. The lowest BCUT2D eigenvalue weighted by Gasteiger charge is -2.33. The molecule has 0 atom stereocenters. The predicted molar refractivity (Wildman–Crippen MR) is 66.7 cm³/mol. The van der Waals surface area contributed by atoms with Gasteiger partial charge in [0.25, 0.3) is 0 Å². The van der Waals surface area contributed by atoms with Crippen molar-refractivity contribution >= 4 is 11.3 Å². The van der Waals surface area contributed by atoms with Crippen LogP contribution in [0.5, 0.6) is 0 Å². The van der Waals surface area contributed by atoms with Gasteiger partial charge in [0.15, 0.2) is 0 Å². The molecule has 16 heavy (non-hydrogen) atoms. The molecule has 0 spiro atoms. The van der Waals surface area contributed by atoms with Crippen molar-refractivity contribution in [2.45, 2.75) is 33.2 Å². The van der Waals surface area contributed by atoms with E-state index < -0.39 is 0 Å². The van der Waals surface area contributed by atoms with E-state index in [9.17, 15) is 0 Å². The van der Waals surface area contributed by atoms with E-state index in [0.29, 0.717) is 5.41 Å². The van der Waals surface area contributed by atoms with Gasteiger partial charge in [0.05, 0.1) is 5.01 Å². The van der Waals surface area contributed by atoms with Crippen LogP contribution in [0.25, 0.3) is 0 Å². The summed E-state index contributed by atoms with van der Waals surface area (Å²) < 4.78 is 5.40. The number of nitrogens with zero attached hydrogens (tertiary/aromatic N) is 1. The summed E-state index contributed by atoms with van der Waals surface area (Å²) in [5.41, 5.74) is 0.415. The van der Waals surface area contributed by atoms with Gasteiger partial charge in [-0.3, -0.25) is 0 Å². The second kappa shape index (κ2) is 5.25. The fourth-order valence-corrected chi connectivity index (χ4v) is 2.78. The summed E-state index contributed by atoms with van der Waals surface area (Å²) in [7, 11) is 0. The minimum atomic E-state index is 0.415. The Morgan fingerprint density at radius 3 is 2.88 bits per heavy atom. The number of thiazole rings is 1. The average Bonchev–Trinajstić information content (AvgIpc) is 2.65. The van der Waals surface area contributed by atoms with Gasteiger partial charge >= 0.3 is 0 Å². The smallest absolute Gasteiger partial charge is 0.0897 e. The summed E-state index contributed by atoms with van der Waals surface area (Å²) in [5, 5.41) is 4.69. The average molecular weight is 240 g/mol. The lowest BCUT2D eigenvalue weighted by molar-refractivity contribution is 0.0240. The molecule has 3 nitrogen and oxygen atoms in total. The van der Waals surface area contributed by atoms with E-state index in [1.165, 1.54) is 17.7 Å². The van der Waals surface area contributed by atoms with Crippen LogP contribution in [-0.4, -0.2) is 24.7 Å². The topological polar surface area (TPSA) is 34.2 Å². The first-order valence-corrected chi connectivity index (χ1v) is 6.69. The highest BCUT2D eigenvalue weighted by molar-refractivity contribution is 7.11. The van der Waals surface area contributed by atoms with Crippen LogP contribution >= 0.6 is 11.3 Å². The Balaban J connectivity index is 1.74. The fraction of sp³-hybridized carbons (Fsp3) is 0.750. The minimum absolute atomic E-state index is 0.415. The van der Waals surface area contributed by atoms with Crippen LogP contribution in [0.1, 0.15) is 29.7 Å². The van der Waals surface area contributed by atoms with Crippen molar-refractivity contribution in [2.24, 2.45) is 5.41 Å². The lowest BCUT2D eigenvalue weighted by atomic mass is 9.82. The van der Waals surface area contributed by atoms with Gasteiger partial charge in [0.2, 0.25) is 0 Å². The Kier molecular flexibility index (Phi) is 3.95. The van der Waals surface area contributed by atoms with Gasteiger partial charge in [0.1, 0.15) is 0 Å². The molecular weight excluding hydrogens is 220 g/mol. The van der Waals surface area contributed by atoms with Crippen LogP contribution in [0.15, 0.2) is 6.20 Å². The van der Waals surface area contributed by atoms with Crippen LogP contribution in [0.4, 0.5) is 0 Å². The van der Waals surface area contributed by atoms with E-state index in [1.807, 2.05) is 13.1 Å². The van der Waals surface area contributed by atoms with Crippen molar-refractivity contribution < 1.29 is 4.74 Å². The van der Waals surface area contributed by atoms with Crippen molar-refractivity contribution in [1.82, 2.24) is 10.3 Å². The molecule has 0 saturated carbocycles. The molecule has 1 saturated heterocycles. The third kappa shape index (κ3) is 3.27.